The van der Waals surface area contributed by atoms with Crippen molar-refractivity contribution in [2.24, 2.45) is 0 Å². The number of nitrogens with zero attached hydrogens (tertiary/aromatic N) is 1. The lowest BCUT2D eigenvalue weighted by molar-refractivity contribution is 0.00464. The fourth-order valence-corrected chi connectivity index (χ4v) is 3.02. The number of aliphatic hydroxyl groups excluding tert-OH is 1. The van der Waals surface area contributed by atoms with Crippen molar-refractivity contribution >= 4 is 0 Å². The summed E-state index contributed by atoms with van der Waals surface area (Å²) in [5.74, 6) is 0. The van der Waals surface area contributed by atoms with E-state index in [0.29, 0.717) is 0 Å². The van der Waals surface area contributed by atoms with Crippen molar-refractivity contribution in [2.75, 3.05) is 7.05 Å². The number of benzene rings is 1. The molecule has 0 amide bonds. The zero-order valence-electron chi connectivity index (χ0n) is 12.7. The number of rotatable bonds is 3. The second kappa shape index (κ2) is 5.64. The van der Waals surface area contributed by atoms with Crippen molar-refractivity contribution in [1.29, 1.82) is 0 Å². The van der Waals surface area contributed by atoms with Crippen LogP contribution in [0.5, 0.6) is 0 Å². The van der Waals surface area contributed by atoms with Crippen molar-refractivity contribution in [3.63, 3.8) is 0 Å². The van der Waals surface area contributed by atoms with Gasteiger partial charge in [0.25, 0.3) is 0 Å². The van der Waals surface area contributed by atoms with Crippen LogP contribution in [-0.4, -0.2) is 28.6 Å². The molecular formula is C17H27NO. The molecule has 1 aliphatic rings. The molecule has 2 atom stereocenters. The fourth-order valence-electron chi connectivity index (χ4n) is 3.02. The SMILES string of the molecule is CCC(C)(C)N(C)C1CCCc2ccccc2C1O. The maximum Gasteiger partial charge on any atom is 0.0947 e. The quantitative estimate of drug-likeness (QED) is 0.841. The molecule has 0 aliphatic heterocycles. The maximum atomic E-state index is 10.8. The molecule has 19 heavy (non-hydrogen) atoms. The summed E-state index contributed by atoms with van der Waals surface area (Å²) in [6.45, 7) is 6.74. The highest BCUT2D eigenvalue weighted by atomic mass is 16.3. The first-order valence-corrected chi connectivity index (χ1v) is 7.46. The predicted octanol–water partition coefficient (Wildman–Crippen LogP) is 3.55. The molecule has 0 saturated carbocycles. The number of likely N-dealkylation sites (N-methyl/N-ethyl adjacent to an activating group) is 1. The highest BCUT2D eigenvalue weighted by Gasteiger charge is 2.34. The highest BCUT2D eigenvalue weighted by Crippen LogP contribution is 2.34. The maximum absolute atomic E-state index is 10.8. The van der Waals surface area contributed by atoms with Crippen LogP contribution < -0.4 is 0 Å². The lowest BCUT2D eigenvalue weighted by atomic mass is 9.92. The summed E-state index contributed by atoms with van der Waals surface area (Å²) in [5, 5.41) is 10.8. The van der Waals surface area contributed by atoms with Crippen LogP contribution in [0.3, 0.4) is 0 Å². The van der Waals surface area contributed by atoms with E-state index < -0.39 is 0 Å². The number of aliphatic hydroxyl groups is 1. The van der Waals surface area contributed by atoms with Gasteiger partial charge in [-0.3, -0.25) is 4.90 Å². The third kappa shape index (κ3) is 2.85. The van der Waals surface area contributed by atoms with Crippen LogP contribution in [0.4, 0.5) is 0 Å². The summed E-state index contributed by atoms with van der Waals surface area (Å²) in [5.41, 5.74) is 2.58. The Morgan fingerprint density at radius 2 is 2.00 bits per heavy atom. The van der Waals surface area contributed by atoms with Crippen LogP contribution in [0, 0.1) is 0 Å². The lowest BCUT2D eigenvalue weighted by Gasteiger charge is -2.42. The number of hydrogen-bond donors (Lipinski definition) is 1. The molecule has 0 fully saturated rings. The first kappa shape index (κ1) is 14.5. The van der Waals surface area contributed by atoms with Gasteiger partial charge in [0.1, 0.15) is 0 Å². The molecule has 2 unspecified atom stereocenters. The van der Waals surface area contributed by atoms with E-state index in [-0.39, 0.29) is 17.7 Å². The Morgan fingerprint density at radius 1 is 1.32 bits per heavy atom. The van der Waals surface area contributed by atoms with Gasteiger partial charge in [-0.1, -0.05) is 31.2 Å². The Morgan fingerprint density at radius 3 is 2.68 bits per heavy atom. The minimum absolute atomic E-state index is 0.130. The van der Waals surface area contributed by atoms with Crippen molar-refractivity contribution in [3.05, 3.63) is 35.4 Å². The van der Waals surface area contributed by atoms with Gasteiger partial charge in [-0.25, -0.2) is 0 Å². The molecule has 0 spiro atoms. The van der Waals surface area contributed by atoms with Gasteiger partial charge < -0.3 is 5.11 Å². The van der Waals surface area contributed by atoms with E-state index in [4.69, 9.17) is 0 Å². The second-order valence-electron chi connectivity index (χ2n) is 6.38. The summed E-state index contributed by atoms with van der Waals surface area (Å²) in [4.78, 5) is 2.37. The van der Waals surface area contributed by atoms with E-state index in [9.17, 15) is 5.11 Å². The van der Waals surface area contributed by atoms with Crippen LogP contribution in [0.15, 0.2) is 24.3 Å². The molecule has 106 valence electrons. The van der Waals surface area contributed by atoms with Gasteiger partial charge in [0.15, 0.2) is 0 Å². The van der Waals surface area contributed by atoms with Crippen molar-refractivity contribution in [3.8, 4) is 0 Å². The van der Waals surface area contributed by atoms with Gasteiger partial charge in [0.2, 0.25) is 0 Å². The first-order chi connectivity index (χ1) is 8.97. The summed E-state index contributed by atoms with van der Waals surface area (Å²) in [6.07, 6.45) is 4.03. The molecule has 0 bridgehead atoms. The minimum Gasteiger partial charge on any atom is -0.387 e. The Kier molecular flexibility index (Phi) is 4.32. The van der Waals surface area contributed by atoms with E-state index >= 15 is 0 Å². The third-order valence-corrected chi connectivity index (χ3v) is 5.00. The Balaban J connectivity index is 2.29. The van der Waals surface area contributed by atoms with E-state index in [1.807, 2.05) is 6.07 Å². The van der Waals surface area contributed by atoms with Crippen LogP contribution in [0.1, 0.15) is 57.3 Å². The summed E-state index contributed by atoms with van der Waals surface area (Å²) < 4.78 is 0. The van der Waals surface area contributed by atoms with Crippen molar-refractivity contribution in [2.45, 2.75) is 64.1 Å². The van der Waals surface area contributed by atoms with Crippen LogP contribution in [0.25, 0.3) is 0 Å². The van der Waals surface area contributed by atoms with Gasteiger partial charge in [-0.15, -0.1) is 0 Å². The summed E-state index contributed by atoms with van der Waals surface area (Å²) in [7, 11) is 2.16. The van der Waals surface area contributed by atoms with Crippen LogP contribution in [-0.2, 0) is 6.42 Å². The molecule has 0 aromatic heterocycles. The molecule has 0 radical (unpaired) electrons. The molecule has 2 nitrogen and oxygen atoms in total. The van der Waals surface area contributed by atoms with Crippen molar-refractivity contribution in [1.82, 2.24) is 4.90 Å². The second-order valence-corrected chi connectivity index (χ2v) is 6.38. The fraction of sp³-hybridized carbons (Fsp3) is 0.647. The number of hydrogen-bond acceptors (Lipinski definition) is 2. The standard InChI is InChI=1S/C17H27NO/c1-5-17(2,3)18(4)15-12-8-10-13-9-6-7-11-14(13)16(15)19/h6-7,9,11,15-16,19H,5,8,10,12H2,1-4H3. The average Bonchev–Trinajstić information content (AvgIpc) is 2.58. The number of fused-ring (bicyclic) bond motifs is 1. The molecule has 1 aromatic carbocycles. The summed E-state index contributed by atoms with van der Waals surface area (Å²) >= 11 is 0. The molecule has 2 rings (SSSR count). The van der Waals surface area contributed by atoms with Gasteiger partial charge in [-0.05, 0) is 57.7 Å². The van der Waals surface area contributed by atoms with Gasteiger partial charge >= 0.3 is 0 Å². The van der Waals surface area contributed by atoms with E-state index in [0.717, 1.165) is 31.2 Å². The topological polar surface area (TPSA) is 23.5 Å². The molecule has 0 saturated heterocycles. The molecular weight excluding hydrogens is 234 g/mol. The molecule has 1 aromatic rings. The lowest BCUT2D eigenvalue weighted by Crippen LogP contribution is -2.49. The number of aryl methyl sites for hydroxylation is 1. The molecule has 1 N–H and O–H groups in total. The Bertz CT molecular complexity index is 427. The molecule has 2 heteroatoms. The first-order valence-electron chi connectivity index (χ1n) is 7.46. The largest absolute Gasteiger partial charge is 0.387 e. The van der Waals surface area contributed by atoms with Gasteiger partial charge in [0, 0.05) is 11.6 Å². The average molecular weight is 261 g/mol. The van der Waals surface area contributed by atoms with Crippen molar-refractivity contribution < 1.29 is 5.11 Å². The van der Waals surface area contributed by atoms with Crippen LogP contribution in [0.2, 0.25) is 0 Å². The van der Waals surface area contributed by atoms with Gasteiger partial charge in [-0.2, -0.15) is 0 Å². The monoisotopic (exact) mass is 261 g/mol. The van der Waals surface area contributed by atoms with E-state index in [1.165, 1.54) is 5.56 Å². The molecule has 0 heterocycles. The third-order valence-electron chi connectivity index (χ3n) is 5.00. The van der Waals surface area contributed by atoms with Gasteiger partial charge in [0.05, 0.1) is 6.10 Å². The predicted molar refractivity (Wildman–Crippen MR) is 80.3 cm³/mol. The zero-order valence-corrected chi connectivity index (χ0v) is 12.7. The smallest absolute Gasteiger partial charge is 0.0947 e. The Labute approximate surface area is 117 Å². The highest BCUT2D eigenvalue weighted by molar-refractivity contribution is 5.31. The summed E-state index contributed by atoms with van der Waals surface area (Å²) in [6, 6.07) is 8.58. The van der Waals surface area contributed by atoms with Crippen LogP contribution >= 0.6 is 0 Å². The van der Waals surface area contributed by atoms with E-state index in [2.05, 4.69) is 50.9 Å². The zero-order chi connectivity index (χ0) is 14.0. The minimum atomic E-state index is -0.366. The molecule has 1 aliphatic carbocycles. The Hall–Kier alpha value is -0.860. The van der Waals surface area contributed by atoms with E-state index in [1.54, 1.807) is 0 Å². The normalized spacial score (nSPS) is 24.1.